The van der Waals surface area contributed by atoms with E-state index in [1.165, 1.54) is 13.2 Å². The van der Waals surface area contributed by atoms with Crippen LogP contribution in [0.25, 0.3) is 11.6 Å². The summed E-state index contributed by atoms with van der Waals surface area (Å²) in [6.45, 7) is 6.26. The van der Waals surface area contributed by atoms with Crippen LogP contribution in [-0.4, -0.2) is 37.5 Å². The average molecular weight is 466 g/mol. The molecule has 0 unspecified atom stereocenters. The Kier molecular flexibility index (Phi) is 5.54. The molecule has 33 heavy (non-hydrogen) atoms. The molecule has 0 aliphatic carbocycles. The number of imide groups is 2. The number of likely N-dealkylation sites (N-methyl/N-ethyl adjacent to an activating group) is 1. The Bertz CT molecular complexity index is 1250. The number of fused-ring (bicyclic) bond motifs is 1. The molecule has 2 aliphatic rings. The van der Waals surface area contributed by atoms with Gasteiger partial charge in [0.2, 0.25) is 0 Å². The summed E-state index contributed by atoms with van der Waals surface area (Å²) in [6, 6.07) is 9.19. The van der Waals surface area contributed by atoms with Crippen LogP contribution in [0.1, 0.15) is 31.9 Å². The van der Waals surface area contributed by atoms with Gasteiger partial charge in [-0.15, -0.1) is 0 Å². The number of allylic oxidation sites excluding steroid dienone is 1. The lowest BCUT2D eigenvalue weighted by molar-refractivity contribution is -0.122. The molecule has 0 saturated carbocycles. The molecule has 0 aromatic heterocycles. The van der Waals surface area contributed by atoms with Gasteiger partial charge in [-0.1, -0.05) is 17.7 Å². The predicted octanol–water partition coefficient (Wildman–Crippen LogP) is 4.65. The second kappa shape index (κ2) is 8.08. The Morgan fingerprint density at radius 2 is 1.76 bits per heavy atom. The molecule has 7 nitrogen and oxygen atoms in total. The van der Waals surface area contributed by atoms with Gasteiger partial charge in [-0.3, -0.25) is 14.9 Å². The van der Waals surface area contributed by atoms with Crippen LogP contribution in [-0.2, 0) is 9.59 Å². The van der Waals surface area contributed by atoms with E-state index in [1.54, 1.807) is 24.3 Å². The molecule has 1 N–H and O–H groups in total. The van der Waals surface area contributed by atoms with Crippen LogP contribution < -0.4 is 19.9 Å². The van der Waals surface area contributed by atoms with Gasteiger partial charge in [0.1, 0.15) is 11.3 Å². The predicted molar refractivity (Wildman–Crippen MR) is 130 cm³/mol. The van der Waals surface area contributed by atoms with Crippen molar-refractivity contribution in [2.24, 2.45) is 0 Å². The zero-order valence-electron chi connectivity index (χ0n) is 19.0. The number of nitrogens with zero attached hydrogens (tertiary/aromatic N) is 2. The first-order valence-electron chi connectivity index (χ1n) is 10.4. The number of nitrogens with one attached hydrogen (secondary N) is 1. The number of hydrogen-bond donors (Lipinski definition) is 1. The fourth-order valence-electron chi connectivity index (χ4n) is 4.12. The van der Waals surface area contributed by atoms with Crippen LogP contribution in [0.2, 0.25) is 5.02 Å². The topological polar surface area (TPSA) is 79.0 Å². The Morgan fingerprint density at radius 1 is 1.09 bits per heavy atom. The molecule has 2 aliphatic heterocycles. The van der Waals surface area contributed by atoms with Gasteiger partial charge in [-0.25, -0.2) is 9.69 Å². The number of ether oxygens (including phenoxy) is 1. The van der Waals surface area contributed by atoms with Crippen molar-refractivity contribution >= 4 is 52.5 Å². The van der Waals surface area contributed by atoms with Crippen LogP contribution in [0.15, 0.2) is 48.0 Å². The lowest BCUT2D eigenvalue weighted by Gasteiger charge is -2.41. The van der Waals surface area contributed by atoms with E-state index in [-0.39, 0.29) is 11.1 Å². The molecule has 0 atom stereocenters. The first kappa shape index (κ1) is 22.6. The Morgan fingerprint density at radius 3 is 2.39 bits per heavy atom. The Labute approximate surface area is 197 Å². The highest BCUT2D eigenvalue weighted by Gasteiger charge is 2.37. The highest BCUT2D eigenvalue weighted by Crippen LogP contribution is 2.42. The molecule has 4 rings (SSSR count). The molecule has 8 heteroatoms. The molecule has 1 fully saturated rings. The highest BCUT2D eigenvalue weighted by molar-refractivity contribution is 6.39. The largest absolute Gasteiger partial charge is 0.496 e. The van der Waals surface area contributed by atoms with Crippen LogP contribution >= 0.6 is 11.6 Å². The first-order valence-corrected chi connectivity index (χ1v) is 10.7. The minimum atomic E-state index is -0.815. The van der Waals surface area contributed by atoms with Gasteiger partial charge < -0.3 is 9.64 Å². The Balaban J connectivity index is 1.81. The van der Waals surface area contributed by atoms with Gasteiger partial charge in [0.05, 0.1) is 18.3 Å². The summed E-state index contributed by atoms with van der Waals surface area (Å²) in [4.78, 5) is 41.3. The molecular formula is C25H24ClN3O4. The second-order valence-corrected chi connectivity index (χ2v) is 9.02. The summed E-state index contributed by atoms with van der Waals surface area (Å²) < 4.78 is 5.59. The third-order valence-corrected chi connectivity index (χ3v) is 6.31. The van der Waals surface area contributed by atoms with E-state index in [9.17, 15) is 14.4 Å². The van der Waals surface area contributed by atoms with Crippen molar-refractivity contribution in [2.45, 2.75) is 26.3 Å². The molecule has 1 saturated heterocycles. The summed E-state index contributed by atoms with van der Waals surface area (Å²) in [7, 11) is 3.54. The fraction of sp³-hybridized carbons (Fsp3) is 0.240. The number of barbiturate groups is 1. The number of carbonyl (C=O) groups excluding carboxylic acids is 3. The molecular weight excluding hydrogens is 442 g/mol. The second-order valence-electron chi connectivity index (χ2n) is 8.59. The average Bonchev–Trinajstić information content (AvgIpc) is 2.75. The van der Waals surface area contributed by atoms with Crippen molar-refractivity contribution in [1.29, 1.82) is 0 Å². The summed E-state index contributed by atoms with van der Waals surface area (Å²) in [5.74, 6) is -0.981. The molecule has 170 valence electrons. The van der Waals surface area contributed by atoms with E-state index in [2.05, 4.69) is 30.1 Å². The number of halogens is 1. The Hall–Kier alpha value is -3.58. The van der Waals surface area contributed by atoms with Crippen molar-refractivity contribution in [3.8, 4) is 5.75 Å². The minimum Gasteiger partial charge on any atom is -0.496 e. The number of carbonyl (C=O) groups is 3. The maximum absolute atomic E-state index is 13.2. The number of urea groups is 1. The van der Waals surface area contributed by atoms with Gasteiger partial charge >= 0.3 is 6.03 Å². The first-order chi connectivity index (χ1) is 15.5. The van der Waals surface area contributed by atoms with Crippen molar-refractivity contribution in [3.05, 3.63) is 64.2 Å². The van der Waals surface area contributed by atoms with Crippen molar-refractivity contribution in [2.75, 3.05) is 24.0 Å². The van der Waals surface area contributed by atoms with Crippen molar-refractivity contribution in [3.63, 3.8) is 0 Å². The van der Waals surface area contributed by atoms with Crippen LogP contribution in [0.4, 0.5) is 16.2 Å². The SMILES string of the molecule is COc1cc2c(cc1/C=C1/C(=O)NC(=O)N(c3ccc(Cl)cc3)C1=O)C(C)=CC(C)(C)N2C. The number of hydrogen-bond acceptors (Lipinski definition) is 5. The van der Waals surface area contributed by atoms with Crippen molar-refractivity contribution < 1.29 is 19.1 Å². The number of methoxy groups -OCH3 is 1. The van der Waals surface area contributed by atoms with Gasteiger partial charge in [-0.05, 0) is 62.8 Å². The quantitative estimate of drug-likeness (QED) is 0.527. The molecule has 2 aromatic carbocycles. The summed E-state index contributed by atoms with van der Waals surface area (Å²) in [5.41, 5.74) is 3.54. The minimum absolute atomic E-state index is 0.172. The standard InChI is InChI=1S/C25H24ClN3O4/c1-14-13-25(2,3)28(4)20-12-21(33-5)15(10-18(14)20)11-19-22(30)27-24(32)29(23(19)31)17-8-6-16(26)7-9-17/h6-13H,1-5H3,(H,27,30,32)/b19-11-. The van der Waals surface area contributed by atoms with Gasteiger partial charge in [0.15, 0.2) is 0 Å². The lowest BCUT2D eigenvalue weighted by Crippen LogP contribution is -2.54. The zero-order chi connectivity index (χ0) is 24.1. The third-order valence-electron chi connectivity index (χ3n) is 6.05. The lowest BCUT2D eigenvalue weighted by atomic mass is 9.88. The molecule has 2 aromatic rings. The van der Waals surface area contributed by atoms with E-state index in [4.69, 9.17) is 16.3 Å². The molecule has 2 heterocycles. The molecule has 0 bridgehead atoms. The number of anilines is 2. The van der Waals surface area contributed by atoms with Crippen LogP contribution in [0.5, 0.6) is 5.75 Å². The normalized spacial score (nSPS) is 18.8. The van der Waals surface area contributed by atoms with Crippen molar-refractivity contribution in [1.82, 2.24) is 5.32 Å². The van der Waals surface area contributed by atoms with Gasteiger partial charge in [-0.2, -0.15) is 0 Å². The molecule has 4 amide bonds. The number of benzene rings is 2. The maximum atomic E-state index is 13.2. The summed E-state index contributed by atoms with van der Waals surface area (Å²) >= 11 is 5.92. The zero-order valence-corrected chi connectivity index (χ0v) is 19.8. The number of rotatable bonds is 3. The van der Waals surface area contributed by atoms with E-state index in [0.29, 0.717) is 22.0 Å². The van der Waals surface area contributed by atoms with Crippen LogP contribution in [0.3, 0.4) is 0 Å². The van der Waals surface area contributed by atoms with Gasteiger partial charge in [0, 0.05) is 35.0 Å². The van der Waals surface area contributed by atoms with E-state index in [1.807, 2.05) is 26.1 Å². The van der Waals surface area contributed by atoms with E-state index in [0.717, 1.165) is 21.7 Å². The number of amides is 4. The maximum Gasteiger partial charge on any atom is 0.335 e. The van der Waals surface area contributed by atoms with Gasteiger partial charge in [0.25, 0.3) is 11.8 Å². The summed E-state index contributed by atoms with van der Waals surface area (Å²) in [5, 5.41) is 2.70. The highest BCUT2D eigenvalue weighted by atomic mass is 35.5. The smallest absolute Gasteiger partial charge is 0.335 e. The fourth-order valence-corrected chi connectivity index (χ4v) is 4.25. The molecule has 0 spiro atoms. The third kappa shape index (κ3) is 3.89. The molecule has 0 radical (unpaired) electrons. The monoisotopic (exact) mass is 465 g/mol. The van der Waals surface area contributed by atoms with E-state index < -0.39 is 17.8 Å². The van der Waals surface area contributed by atoms with Crippen LogP contribution in [0, 0.1) is 0 Å². The van der Waals surface area contributed by atoms with E-state index >= 15 is 0 Å². The summed E-state index contributed by atoms with van der Waals surface area (Å²) in [6.07, 6.45) is 3.62.